The molecule has 2 aliphatic heterocycles. The van der Waals surface area contributed by atoms with Crippen LogP contribution in [0.4, 0.5) is 0 Å². The number of fused-ring (bicyclic) bond motifs is 2. The second-order valence-corrected chi connectivity index (χ2v) is 7.84. The molecule has 1 aliphatic carbocycles. The van der Waals surface area contributed by atoms with Crippen LogP contribution in [-0.4, -0.2) is 12.7 Å². The summed E-state index contributed by atoms with van der Waals surface area (Å²) in [5, 5.41) is 3.45. The summed E-state index contributed by atoms with van der Waals surface area (Å²) >= 11 is 0. The zero-order valence-electron chi connectivity index (χ0n) is 15.5. The Bertz CT molecular complexity index is 598. The van der Waals surface area contributed by atoms with E-state index in [0.29, 0.717) is 12.7 Å². The fourth-order valence-corrected chi connectivity index (χ4v) is 4.52. The highest BCUT2D eigenvalue weighted by atomic mass is 14.9. The first-order chi connectivity index (χ1) is 11.7. The highest BCUT2D eigenvalue weighted by Gasteiger charge is 2.32. The number of hydrogen-bond acceptors (Lipinski definition) is 1. The van der Waals surface area contributed by atoms with E-state index in [2.05, 4.69) is 56.1 Å². The van der Waals surface area contributed by atoms with Crippen molar-refractivity contribution in [2.45, 2.75) is 71.1 Å². The van der Waals surface area contributed by atoms with Gasteiger partial charge in [0.1, 0.15) is 0 Å². The first-order valence-electron chi connectivity index (χ1n) is 9.88. The minimum Gasteiger partial charge on any atom is -0.396 e. The lowest BCUT2D eigenvalue weighted by Crippen LogP contribution is -2.42. The van der Waals surface area contributed by atoms with Gasteiger partial charge in [0, 0.05) is 5.94 Å². The molecule has 1 fully saturated rings. The van der Waals surface area contributed by atoms with Gasteiger partial charge in [-0.2, -0.15) is 0 Å². The van der Waals surface area contributed by atoms with Crippen molar-refractivity contribution in [3.8, 4) is 0 Å². The van der Waals surface area contributed by atoms with Crippen LogP contribution >= 0.6 is 0 Å². The molecule has 0 aromatic heterocycles. The van der Waals surface area contributed by atoms with Crippen molar-refractivity contribution in [3.63, 3.8) is 0 Å². The topological polar surface area (TPSA) is 12.0 Å². The Morgan fingerprint density at radius 3 is 2.71 bits per heavy atom. The Morgan fingerprint density at radius 2 is 2.04 bits per heavy atom. The molecule has 0 saturated heterocycles. The van der Waals surface area contributed by atoms with Gasteiger partial charge in [-0.1, -0.05) is 81.8 Å². The van der Waals surface area contributed by atoms with E-state index in [-0.39, 0.29) is 0 Å². The quantitative estimate of drug-likeness (QED) is 0.720. The average molecular weight is 321 g/mol. The summed E-state index contributed by atoms with van der Waals surface area (Å²) in [6.07, 6.45) is 13.4. The summed E-state index contributed by atoms with van der Waals surface area (Å²) in [5.74, 6) is 4.01. The number of hydrogen-bond donors (Lipinski definition) is 1. The highest BCUT2D eigenvalue weighted by molar-refractivity contribution is 6.66. The molecule has 1 atom stereocenters. The molecule has 2 heteroatoms. The SMILES string of the molecule is C=C(C)c1cccc2c1CB1C=CNC1C2.CCC1CCCCC1. The average Bonchev–Trinajstić information content (AvgIpc) is 3.07. The van der Waals surface area contributed by atoms with E-state index < -0.39 is 0 Å². The number of nitrogens with one attached hydrogen (secondary N) is 1. The second-order valence-electron chi connectivity index (χ2n) is 7.84. The molecule has 2 heterocycles. The largest absolute Gasteiger partial charge is 0.396 e. The van der Waals surface area contributed by atoms with Crippen molar-refractivity contribution in [3.05, 3.63) is 53.6 Å². The van der Waals surface area contributed by atoms with E-state index in [1.807, 2.05) is 0 Å². The molecule has 0 bridgehead atoms. The summed E-state index contributed by atoms with van der Waals surface area (Å²) in [7, 11) is 0. The predicted octanol–water partition coefficient (Wildman–Crippen LogP) is 5.39. The van der Waals surface area contributed by atoms with E-state index in [9.17, 15) is 0 Å². The summed E-state index contributed by atoms with van der Waals surface area (Å²) < 4.78 is 0. The fraction of sp³-hybridized carbons (Fsp3) is 0.545. The molecular formula is C22H32BN. The molecule has 1 aromatic rings. The van der Waals surface area contributed by atoms with Crippen LogP contribution in [0.25, 0.3) is 5.57 Å². The van der Waals surface area contributed by atoms with E-state index in [1.165, 1.54) is 60.8 Å². The van der Waals surface area contributed by atoms with Crippen molar-refractivity contribution in [2.24, 2.45) is 5.92 Å². The molecule has 1 nitrogen and oxygen atoms in total. The molecule has 0 amide bonds. The summed E-state index contributed by atoms with van der Waals surface area (Å²) in [5.41, 5.74) is 5.56. The van der Waals surface area contributed by atoms with Crippen molar-refractivity contribution in [1.29, 1.82) is 0 Å². The van der Waals surface area contributed by atoms with Gasteiger partial charge in [0.05, 0.1) is 0 Å². The van der Waals surface area contributed by atoms with Crippen LogP contribution in [0.15, 0.2) is 37.0 Å². The molecule has 0 spiro atoms. The minimum absolute atomic E-state index is 0.618. The number of benzene rings is 1. The molecule has 128 valence electrons. The number of allylic oxidation sites excluding steroid dienone is 1. The van der Waals surface area contributed by atoms with Crippen LogP contribution in [-0.2, 0) is 12.7 Å². The third-order valence-corrected chi connectivity index (χ3v) is 6.09. The molecule has 1 unspecified atom stereocenters. The van der Waals surface area contributed by atoms with Gasteiger partial charge < -0.3 is 5.32 Å². The normalized spacial score (nSPS) is 22.1. The van der Waals surface area contributed by atoms with Gasteiger partial charge >= 0.3 is 0 Å². The molecule has 0 radical (unpaired) electrons. The van der Waals surface area contributed by atoms with Crippen LogP contribution in [0.1, 0.15) is 69.1 Å². The third-order valence-electron chi connectivity index (χ3n) is 6.09. The zero-order valence-corrected chi connectivity index (χ0v) is 15.5. The van der Waals surface area contributed by atoms with Gasteiger partial charge in [0.25, 0.3) is 0 Å². The summed E-state index contributed by atoms with van der Waals surface area (Å²) in [4.78, 5) is 0. The fourth-order valence-electron chi connectivity index (χ4n) is 4.52. The van der Waals surface area contributed by atoms with Crippen LogP contribution < -0.4 is 5.32 Å². The Balaban J connectivity index is 0.000000179. The van der Waals surface area contributed by atoms with Crippen molar-refractivity contribution >= 4 is 12.3 Å². The Hall–Kier alpha value is -1.44. The minimum atomic E-state index is 0.618. The maximum atomic E-state index is 4.09. The van der Waals surface area contributed by atoms with Gasteiger partial charge in [0.2, 0.25) is 0 Å². The van der Waals surface area contributed by atoms with Crippen LogP contribution in [0.2, 0.25) is 0 Å². The smallest absolute Gasteiger partial charge is 0.198 e. The van der Waals surface area contributed by atoms with Crippen LogP contribution in [0.3, 0.4) is 0 Å². The Morgan fingerprint density at radius 1 is 1.25 bits per heavy atom. The van der Waals surface area contributed by atoms with Gasteiger partial charge in [-0.3, -0.25) is 0 Å². The highest BCUT2D eigenvalue weighted by Crippen LogP contribution is 2.29. The maximum absolute atomic E-state index is 4.09. The second kappa shape index (κ2) is 8.10. The molecule has 4 rings (SSSR count). The predicted molar refractivity (Wildman–Crippen MR) is 107 cm³/mol. The molecule has 24 heavy (non-hydrogen) atoms. The first-order valence-corrected chi connectivity index (χ1v) is 9.88. The summed E-state index contributed by atoms with van der Waals surface area (Å²) in [6.45, 7) is 9.18. The summed E-state index contributed by atoms with van der Waals surface area (Å²) in [6, 6.07) is 6.62. The lowest BCUT2D eigenvalue weighted by atomic mass is 9.39. The van der Waals surface area contributed by atoms with E-state index >= 15 is 0 Å². The zero-order chi connectivity index (χ0) is 16.9. The molecule has 3 aliphatic rings. The van der Waals surface area contributed by atoms with Gasteiger partial charge in [-0.05, 0) is 48.5 Å². The van der Waals surface area contributed by atoms with Gasteiger partial charge in [-0.25, -0.2) is 0 Å². The van der Waals surface area contributed by atoms with Crippen molar-refractivity contribution < 1.29 is 0 Å². The lowest BCUT2D eigenvalue weighted by Gasteiger charge is -2.27. The Kier molecular flexibility index (Phi) is 5.87. The van der Waals surface area contributed by atoms with Crippen molar-refractivity contribution in [2.75, 3.05) is 0 Å². The molecule has 1 saturated carbocycles. The van der Waals surface area contributed by atoms with Crippen LogP contribution in [0, 0.1) is 5.92 Å². The van der Waals surface area contributed by atoms with E-state index in [0.717, 1.165) is 18.7 Å². The molecule has 1 aromatic carbocycles. The monoisotopic (exact) mass is 321 g/mol. The number of rotatable bonds is 2. The molecule has 1 N–H and O–H groups in total. The third kappa shape index (κ3) is 3.96. The van der Waals surface area contributed by atoms with E-state index in [4.69, 9.17) is 0 Å². The van der Waals surface area contributed by atoms with Gasteiger partial charge in [0.15, 0.2) is 6.71 Å². The first kappa shape index (κ1) is 17.4. The standard InChI is InChI=1S/C14H16BN.C8H16/c1-10(2)12-5-3-4-11-8-14-15(6-7-16-14)9-13(11)12;1-2-8-6-4-3-5-7-8/h3-7,14,16H,1,8-9H2,2H3;8H,2-7H2,1H3. The molecular weight excluding hydrogens is 289 g/mol. The van der Waals surface area contributed by atoms with Crippen LogP contribution in [0.5, 0.6) is 0 Å². The van der Waals surface area contributed by atoms with Crippen molar-refractivity contribution in [1.82, 2.24) is 5.32 Å². The maximum Gasteiger partial charge on any atom is 0.198 e. The lowest BCUT2D eigenvalue weighted by molar-refractivity contribution is 0.349. The van der Waals surface area contributed by atoms with E-state index in [1.54, 1.807) is 0 Å². The van der Waals surface area contributed by atoms with Gasteiger partial charge in [-0.15, -0.1) is 0 Å². The Labute approximate surface area is 148 Å².